The van der Waals surface area contributed by atoms with E-state index in [0.717, 1.165) is 11.8 Å². The van der Waals surface area contributed by atoms with E-state index in [0.29, 0.717) is 13.2 Å². The number of benzene rings is 1. The number of hydrogen-bond acceptors (Lipinski definition) is 5. The predicted molar refractivity (Wildman–Crippen MR) is 73.4 cm³/mol. The summed E-state index contributed by atoms with van der Waals surface area (Å²) >= 11 is 0. The maximum absolute atomic E-state index is 11.8. The maximum atomic E-state index is 11.8. The minimum atomic E-state index is -0.589. The Morgan fingerprint density at radius 3 is 2.76 bits per heavy atom. The van der Waals surface area contributed by atoms with Gasteiger partial charge in [0.15, 0.2) is 6.29 Å². The number of ether oxygens (including phenoxy) is 3. The van der Waals surface area contributed by atoms with Crippen LogP contribution in [-0.4, -0.2) is 37.2 Å². The fourth-order valence-electron chi connectivity index (χ4n) is 2.96. The van der Waals surface area contributed by atoms with Crippen LogP contribution in [0.3, 0.4) is 0 Å². The summed E-state index contributed by atoms with van der Waals surface area (Å²) in [5, 5.41) is 0. The molecule has 1 heterocycles. The molecule has 0 spiro atoms. The van der Waals surface area contributed by atoms with Crippen molar-refractivity contribution in [3.8, 4) is 0 Å². The van der Waals surface area contributed by atoms with Crippen molar-refractivity contribution >= 4 is 12.3 Å². The molecular weight excluding hydrogens is 272 g/mol. The van der Waals surface area contributed by atoms with Crippen molar-refractivity contribution < 1.29 is 23.8 Å². The predicted octanol–water partition coefficient (Wildman–Crippen LogP) is 1.35. The van der Waals surface area contributed by atoms with Gasteiger partial charge in [-0.3, -0.25) is 4.79 Å². The first-order valence-corrected chi connectivity index (χ1v) is 7.19. The van der Waals surface area contributed by atoms with Gasteiger partial charge in [0.2, 0.25) is 0 Å². The maximum Gasteiger partial charge on any atom is 0.312 e. The number of rotatable bonds is 6. The first-order valence-electron chi connectivity index (χ1n) is 7.19. The molecule has 3 rings (SSSR count). The summed E-state index contributed by atoms with van der Waals surface area (Å²) in [6.07, 6.45) is -0.444. The van der Waals surface area contributed by atoms with Crippen molar-refractivity contribution in [3.05, 3.63) is 35.9 Å². The van der Waals surface area contributed by atoms with Crippen LogP contribution in [0.25, 0.3) is 0 Å². The van der Waals surface area contributed by atoms with E-state index in [1.807, 2.05) is 30.3 Å². The van der Waals surface area contributed by atoms with Gasteiger partial charge in [0, 0.05) is 5.92 Å². The lowest BCUT2D eigenvalue weighted by atomic mass is 10.1. The molecule has 0 amide bonds. The highest BCUT2D eigenvalue weighted by Crippen LogP contribution is 2.53. The smallest absolute Gasteiger partial charge is 0.312 e. The molecule has 1 saturated carbocycles. The summed E-state index contributed by atoms with van der Waals surface area (Å²) in [4.78, 5) is 22.9. The fourth-order valence-corrected chi connectivity index (χ4v) is 2.96. The Morgan fingerprint density at radius 1 is 1.33 bits per heavy atom. The number of fused-ring (bicyclic) bond motifs is 1. The average molecular weight is 290 g/mol. The summed E-state index contributed by atoms with van der Waals surface area (Å²) in [7, 11) is 0. The minimum absolute atomic E-state index is 0.0667. The number of esters is 1. The number of carbonyl (C=O) groups is 2. The SMILES string of the molecule is CCOC(=O)[C@@H]1[C@H]2O[C@H](C=O)[C@H](OCc3ccccc3)[C@H]21. The standard InChI is InChI=1S/C16H18O5/c1-2-19-16(18)13-12-14(11(8-17)21-15(12)13)20-9-10-6-4-3-5-7-10/h3-8,11-15H,2,9H2,1H3/t11-,12-,13+,14+,15+/m1/s1. The van der Waals surface area contributed by atoms with E-state index in [1.54, 1.807) is 6.92 Å². The molecule has 1 saturated heterocycles. The van der Waals surface area contributed by atoms with Crippen LogP contribution in [0.4, 0.5) is 0 Å². The lowest BCUT2D eigenvalue weighted by Gasteiger charge is -2.19. The molecule has 1 aliphatic carbocycles. The first-order chi connectivity index (χ1) is 10.3. The third kappa shape index (κ3) is 2.71. The van der Waals surface area contributed by atoms with Gasteiger partial charge in [0.1, 0.15) is 6.10 Å². The Bertz CT molecular complexity index is 515. The topological polar surface area (TPSA) is 61.8 Å². The molecule has 0 radical (unpaired) electrons. The van der Waals surface area contributed by atoms with Crippen molar-refractivity contribution in [3.63, 3.8) is 0 Å². The van der Waals surface area contributed by atoms with E-state index in [-0.39, 0.29) is 30.0 Å². The van der Waals surface area contributed by atoms with Crippen LogP contribution in [0.5, 0.6) is 0 Å². The Morgan fingerprint density at radius 2 is 2.10 bits per heavy atom. The van der Waals surface area contributed by atoms with Crippen molar-refractivity contribution in [1.29, 1.82) is 0 Å². The van der Waals surface area contributed by atoms with Gasteiger partial charge in [-0.2, -0.15) is 0 Å². The molecule has 1 aliphatic heterocycles. The van der Waals surface area contributed by atoms with Gasteiger partial charge < -0.3 is 19.0 Å². The number of hydrogen-bond donors (Lipinski definition) is 0. The summed E-state index contributed by atoms with van der Waals surface area (Å²) in [6.45, 7) is 2.52. The van der Waals surface area contributed by atoms with E-state index < -0.39 is 6.10 Å². The second kappa shape index (κ2) is 5.95. The van der Waals surface area contributed by atoms with Crippen LogP contribution >= 0.6 is 0 Å². The van der Waals surface area contributed by atoms with Crippen LogP contribution in [0, 0.1) is 11.8 Å². The van der Waals surface area contributed by atoms with Crippen LogP contribution < -0.4 is 0 Å². The minimum Gasteiger partial charge on any atom is -0.466 e. The zero-order chi connectivity index (χ0) is 14.8. The third-order valence-electron chi connectivity index (χ3n) is 4.00. The van der Waals surface area contributed by atoms with Crippen molar-refractivity contribution in [2.75, 3.05) is 6.61 Å². The lowest BCUT2D eigenvalue weighted by Crippen LogP contribution is -2.33. The van der Waals surface area contributed by atoms with Crippen molar-refractivity contribution in [2.45, 2.75) is 31.8 Å². The highest BCUT2D eigenvalue weighted by molar-refractivity contribution is 5.78. The summed E-state index contributed by atoms with van der Waals surface area (Å²) < 4.78 is 16.4. The Balaban J connectivity index is 1.62. The van der Waals surface area contributed by atoms with Crippen molar-refractivity contribution in [2.24, 2.45) is 11.8 Å². The average Bonchev–Trinajstić information content (AvgIpc) is 3.10. The zero-order valence-electron chi connectivity index (χ0n) is 11.8. The molecule has 5 nitrogen and oxygen atoms in total. The lowest BCUT2D eigenvalue weighted by molar-refractivity contribution is -0.151. The normalized spacial score (nSPS) is 33.3. The zero-order valence-corrected chi connectivity index (χ0v) is 11.8. The molecule has 2 aliphatic rings. The molecule has 112 valence electrons. The van der Waals surface area contributed by atoms with Gasteiger partial charge in [-0.15, -0.1) is 0 Å². The van der Waals surface area contributed by atoms with E-state index in [1.165, 1.54) is 0 Å². The molecule has 21 heavy (non-hydrogen) atoms. The molecule has 1 aromatic carbocycles. The second-order valence-corrected chi connectivity index (χ2v) is 5.32. The number of carbonyl (C=O) groups excluding carboxylic acids is 2. The molecule has 0 unspecified atom stereocenters. The van der Waals surface area contributed by atoms with Gasteiger partial charge in [-0.05, 0) is 12.5 Å². The summed E-state index contributed by atoms with van der Waals surface area (Å²) in [5.41, 5.74) is 1.03. The van der Waals surface area contributed by atoms with E-state index in [9.17, 15) is 9.59 Å². The summed E-state index contributed by atoms with van der Waals surface area (Å²) in [5.74, 6) is -0.616. The van der Waals surface area contributed by atoms with Gasteiger partial charge in [0.25, 0.3) is 0 Å². The van der Waals surface area contributed by atoms with Crippen molar-refractivity contribution in [1.82, 2.24) is 0 Å². The fraction of sp³-hybridized carbons (Fsp3) is 0.500. The Kier molecular flexibility index (Phi) is 4.03. The highest BCUT2D eigenvalue weighted by atomic mass is 16.6. The molecule has 1 aromatic rings. The second-order valence-electron chi connectivity index (χ2n) is 5.32. The van der Waals surface area contributed by atoms with Gasteiger partial charge in [0.05, 0.1) is 31.3 Å². The molecule has 0 N–H and O–H groups in total. The van der Waals surface area contributed by atoms with Gasteiger partial charge in [-0.25, -0.2) is 0 Å². The molecule has 5 atom stereocenters. The largest absolute Gasteiger partial charge is 0.466 e. The summed E-state index contributed by atoms with van der Waals surface area (Å²) in [6, 6.07) is 9.72. The molecular formula is C16H18O5. The molecule has 2 fully saturated rings. The Hall–Kier alpha value is -1.72. The van der Waals surface area contributed by atoms with Gasteiger partial charge in [-0.1, -0.05) is 30.3 Å². The molecule has 0 aromatic heterocycles. The van der Waals surface area contributed by atoms with Gasteiger partial charge >= 0.3 is 5.97 Å². The molecule has 5 heteroatoms. The van der Waals surface area contributed by atoms with E-state index in [2.05, 4.69) is 0 Å². The number of aldehydes is 1. The Labute approximate surface area is 123 Å². The van der Waals surface area contributed by atoms with E-state index in [4.69, 9.17) is 14.2 Å². The highest BCUT2D eigenvalue weighted by Gasteiger charge is 2.68. The molecule has 0 bridgehead atoms. The van der Waals surface area contributed by atoms with Crippen LogP contribution in [0.15, 0.2) is 30.3 Å². The quantitative estimate of drug-likeness (QED) is 0.584. The van der Waals surface area contributed by atoms with E-state index >= 15 is 0 Å². The third-order valence-corrected chi connectivity index (χ3v) is 4.00. The monoisotopic (exact) mass is 290 g/mol. The first kappa shape index (κ1) is 14.2. The van der Waals surface area contributed by atoms with Crippen LogP contribution in [0.1, 0.15) is 12.5 Å². The van der Waals surface area contributed by atoms with Crippen LogP contribution in [0.2, 0.25) is 0 Å². The van der Waals surface area contributed by atoms with Crippen LogP contribution in [-0.2, 0) is 30.4 Å².